The first-order valence-electron chi connectivity index (χ1n) is 10.3. The van der Waals surface area contributed by atoms with Crippen LogP contribution in [0.2, 0.25) is 0 Å². The molecule has 0 aromatic rings. The summed E-state index contributed by atoms with van der Waals surface area (Å²) in [5.74, 6) is -0.0424. The van der Waals surface area contributed by atoms with Crippen molar-refractivity contribution in [3.63, 3.8) is 0 Å². The number of nitrogens with one attached hydrogen (secondary N) is 1. The van der Waals surface area contributed by atoms with E-state index < -0.39 is 6.04 Å². The number of nitriles is 1. The lowest BCUT2D eigenvalue weighted by atomic mass is 9.77. The Hall–Kier alpha value is -2.56. The van der Waals surface area contributed by atoms with Gasteiger partial charge in [0.15, 0.2) is 0 Å². The molecule has 2 saturated heterocycles. The highest BCUT2D eigenvalue weighted by Crippen LogP contribution is 2.40. The number of hydrogen-bond donors (Lipinski definition) is 1. The predicted molar refractivity (Wildman–Crippen MR) is 100 cm³/mol. The number of likely N-dealkylation sites (N-methyl/N-ethyl adjacent to an activating group) is 1. The molecule has 3 aliphatic heterocycles. The van der Waals surface area contributed by atoms with Gasteiger partial charge in [-0.05, 0) is 19.3 Å². The van der Waals surface area contributed by atoms with Crippen LogP contribution < -0.4 is 5.32 Å². The zero-order valence-electron chi connectivity index (χ0n) is 16.3. The second kappa shape index (κ2) is 7.46. The smallest absolute Gasteiger partial charge is 0.266 e. The van der Waals surface area contributed by atoms with E-state index in [0.717, 1.165) is 31.4 Å². The van der Waals surface area contributed by atoms with Gasteiger partial charge >= 0.3 is 0 Å². The van der Waals surface area contributed by atoms with Crippen LogP contribution in [-0.4, -0.2) is 77.7 Å². The van der Waals surface area contributed by atoms with Crippen LogP contribution in [0.3, 0.4) is 0 Å². The fourth-order valence-electron chi connectivity index (χ4n) is 5.20. The quantitative estimate of drug-likeness (QED) is 0.733. The third-order valence-electron chi connectivity index (χ3n) is 6.71. The molecule has 8 heteroatoms. The molecule has 1 aliphatic carbocycles. The topological polar surface area (TPSA) is 96.8 Å². The van der Waals surface area contributed by atoms with E-state index in [1.54, 1.807) is 9.80 Å². The summed E-state index contributed by atoms with van der Waals surface area (Å²) in [5.41, 5.74) is 1.17. The van der Waals surface area contributed by atoms with E-state index in [4.69, 9.17) is 0 Å². The third kappa shape index (κ3) is 3.13. The van der Waals surface area contributed by atoms with E-state index in [1.165, 1.54) is 0 Å². The maximum absolute atomic E-state index is 12.8. The predicted octanol–water partition coefficient (Wildman–Crippen LogP) is 0.218. The molecule has 4 rings (SSSR count). The van der Waals surface area contributed by atoms with Crippen LogP contribution >= 0.6 is 0 Å². The Morgan fingerprint density at radius 3 is 2.46 bits per heavy atom. The minimum absolute atomic E-state index is 0.0185. The van der Waals surface area contributed by atoms with Crippen LogP contribution in [0.4, 0.5) is 0 Å². The van der Waals surface area contributed by atoms with Crippen molar-refractivity contribution in [3.05, 3.63) is 11.3 Å². The van der Waals surface area contributed by atoms with Crippen molar-refractivity contribution in [2.75, 3.05) is 33.2 Å². The number of rotatable bonds is 2. The molecule has 3 heterocycles. The summed E-state index contributed by atoms with van der Waals surface area (Å²) < 4.78 is 0. The van der Waals surface area contributed by atoms with Crippen molar-refractivity contribution in [3.8, 4) is 6.07 Å². The van der Waals surface area contributed by atoms with Crippen LogP contribution in [0, 0.1) is 17.2 Å². The van der Waals surface area contributed by atoms with E-state index in [0.29, 0.717) is 39.0 Å². The van der Waals surface area contributed by atoms with E-state index in [2.05, 4.69) is 16.3 Å². The molecule has 150 valence electrons. The third-order valence-corrected chi connectivity index (χ3v) is 6.71. The SMILES string of the molecule is CN1C(=O)C(C#N)=C(N2CCN(C(=O)C3CCC(=O)N3)CC2)C2CCCCC21. The molecule has 1 saturated carbocycles. The van der Waals surface area contributed by atoms with Crippen LogP contribution in [-0.2, 0) is 14.4 Å². The highest BCUT2D eigenvalue weighted by atomic mass is 16.2. The number of nitrogens with zero attached hydrogens (tertiary/aromatic N) is 4. The number of fused-ring (bicyclic) bond motifs is 1. The van der Waals surface area contributed by atoms with Crippen LogP contribution in [0.15, 0.2) is 11.3 Å². The molecule has 0 radical (unpaired) electrons. The first-order valence-corrected chi connectivity index (χ1v) is 10.3. The Labute approximate surface area is 165 Å². The highest BCUT2D eigenvalue weighted by molar-refractivity contribution is 5.99. The zero-order chi connectivity index (χ0) is 19.8. The van der Waals surface area contributed by atoms with Crippen molar-refractivity contribution in [2.24, 2.45) is 5.92 Å². The number of carbonyl (C=O) groups is 3. The minimum atomic E-state index is -0.402. The minimum Gasteiger partial charge on any atom is -0.370 e. The van der Waals surface area contributed by atoms with E-state index in [1.807, 2.05) is 7.05 Å². The average molecular weight is 385 g/mol. The second-order valence-corrected chi connectivity index (χ2v) is 8.22. The number of carbonyl (C=O) groups excluding carboxylic acids is 3. The van der Waals surface area contributed by atoms with Crippen molar-refractivity contribution >= 4 is 17.7 Å². The molecule has 3 unspecified atom stereocenters. The molecule has 0 aromatic carbocycles. The monoisotopic (exact) mass is 385 g/mol. The summed E-state index contributed by atoms with van der Waals surface area (Å²) in [6.07, 6.45) is 5.18. The normalized spacial score (nSPS) is 30.9. The second-order valence-electron chi connectivity index (χ2n) is 8.22. The Morgan fingerprint density at radius 2 is 1.82 bits per heavy atom. The molecule has 3 atom stereocenters. The summed E-state index contributed by atoms with van der Waals surface area (Å²) in [5, 5.41) is 12.4. The lowest BCUT2D eigenvalue weighted by molar-refractivity contribution is -0.136. The Morgan fingerprint density at radius 1 is 1.11 bits per heavy atom. The van der Waals surface area contributed by atoms with Crippen molar-refractivity contribution in [1.82, 2.24) is 20.0 Å². The Kier molecular flexibility index (Phi) is 5.00. The van der Waals surface area contributed by atoms with Crippen LogP contribution in [0.25, 0.3) is 0 Å². The van der Waals surface area contributed by atoms with Crippen LogP contribution in [0.1, 0.15) is 38.5 Å². The number of piperazine rings is 1. The van der Waals surface area contributed by atoms with Gasteiger partial charge in [0.1, 0.15) is 17.7 Å². The van der Waals surface area contributed by atoms with Gasteiger partial charge in [0.25, 0.3) is 5.91 Å². The van der Waals surface area contributed by atoms with E-state index >= 15 is 0 Å². The summed E-state index contributed by atoms with van der Waals surface area (Å²) in [6, 6.07) is 1.93. The van der Waals surface area contributed by atoms with Gasteiger partial charge in [-0.25, -0.2) is 0 Å². The number of hydrogen-bond acceptors (Lipinski definition) is 5. The average Bonchev–Trinajstić information content (AvgIpc) is 3.16. The number of amides is 3. The largest absolute Gasteiger partial charge is 0.370 e. The Bertz CT molecular complexity index is 762. The fourth-order valence-corrected chi connectivity index (χ4v) is 5.20. The van der Waals surface area contributed by atoms with E-state index in [9.17, 15) is 19.6 Å². The van der Waals surface area contributed by atoms with Gasteiger partial charge in [0.2, 0.25) is 11.8 Å². The molecule has 0 bridgehead atoms. The summed E-state index contributed by atoms with van der Waals surface area (Å²) in [7, 11) is 1.81. The van der Waals surface area contributed by atoms with Gasteiger partial charge in [-0.2, -0.15) is 5.26 Å². The molecule has 28 heavy (non-hydrogen) atoms. The summed E-state index contributed by atoms with van der Waals surface area (Å²) in [4.78, 5) is 42.5. The van der Waals surface area contributed by atoms with E-state index in [-0.39, 0.29) is 35.3 Å². The maximum atomic E-state index is 12.8. The first kappa shape index (κ1) is 18.8. The van der Waals surface area contributed by atoms with Gasteiger partial charge in [-0.15, -0.1) is 0 Å². The molecular formula is C20H27N5O3. The van der Waals surface area contributed by atoms with Gasteiger partial charge in [-0.3, -0.25) is 14.4 Å². The van der Waals surface area contributed by atoms with Crippen molar-refractivity contribution in [1.29, 1.82) is 5.26 Å². The van der Waals surface area contributed by atoms with Gasteiger partial charge in [0.05, 0.1) is 0 Å². The van der Waals surface area contributed by atoms with Gasteiger partial charge < -0.3 is 20.0 Å². The molecule has 0 aromatic heterocycles. The molecule has 1 N–H and O–H groups in total. The zero-order valence-corrected chi connectivity index (χ0v) is 16.3. The summed E-state index contributed by atoms with van der Waals surface area (Å²) in [6.45, 7) is 2.34. The molecule has 3 fully saturated rings. The molecule has 4 aliphatic rings. The molecule has 0 spiro atoms. The van der Waals surface area contributed by atoms with Gasteiger partial charge in [0, 0.05) is 57.3 Å². The lowest BCUT2D eigenvalue weighted by Gasteiger charge is -2.48. The first-order chi connectivity index (χ1) is 13.5. The highest BCUT2D eigenvalue weighted by Gasteiger charge is 2.44. The molecule has 8 nitrogen and oxygen atoms in total. The van der Waals surface area contributed by atoms with Crippen molar-refractivity contribution < 1.29 is 14.4 Å². The lowest BCUT2D eigenvalue weighted by Crippen LogP contribution is -2.56. The fraction of sp³-hybridized carbons (Fsp3) is 0.700. The molecular weight excluding hydrogens is 358 g/mol. The summed E-state index contributed by atoms with van der Waals surface area (Å²) >= 11 is 0. The standard InChI is InChI=1S/C20H27N5O3/c1-23-16-5-3-2-4-13(16)18(14(12-21)19(23)27)24-8-10-25(11-9-24)20(28)15-6-7-17(26)22-15/h13,15-16H,2-11H2,1H3,(H,22,26). The maximum Gasteiger partial charge on any atom is 0.266 e. The van der Waals surface area contributed by atoms with Crippen LogP contribution in [0.5, 0.6) is 0 Å². The van der Waals surface area contributed by atoms with Crippen molar-refractivity contribution in [2.45, 2.75) is 50.6 Å². The Balaban J connectivity index is 1.50. The van der Waals surface area contributed by atoms with Gasteiger partial charge in [-0.1, -0.05) is 12.8 Å². The molecule has 3 amide bonds.